The number of primary amides is 2. The molecule has 0 aliphatic heterocycles. The Balaban J connectivity index is 2.16. The van der Waals surface area contributed by atoms with E-state index in [4.69, 9.17) is 16.2 Å². The number of methoxy groups -OCH3 is 1. The SMILES string of the molecule is COc1ccc(-n2ccc(C(=O)NC(C(N)=O)C(N)=O)n2)cc1. The molecule has 0 spiro atoms. The number of hydrogen-bond donors (Lipinski definition) is 3. The molecule has 5 N–H and O–H groups in total. The molecule has 0 saturated heterocycles. The highest BCUT2D eigenvalue weighted by atomic mass is 16.5. The third kappa shape index (κ3) is 3.64. The van der Waals surface area contributed by atoms with Crippen molar-refractivity contribution in [2.45, 2.75) is 6.04 Å². The fourth-order valence-electron chi connectivity index (χ4n) is 1.81. The van der Waals surface area contributed by atoms with Crippen LogP contribution in [-0.2, 0) is 9.59 Å². The predicted molar refractivity (Wildman–Crippen MR) is 79.8 cm³/mol. The van der Waals surface area contributed by atoms with Gasteiger partial charge in [0.15, 0.2) is 11.7 Å². The average molecular weight is 317 g/mol. The lowest BCUT2D eigenvalue weighted by Crippen LogP contribution is -2.52. The Bertz CT molecular complexity index is 724. The van der Waals surface area contributed by atoms with Crippen LogP contribution in [0.25, 0.3) is 5.69 Å². The molecule has 0 unspecified atom stereocenters. The molecule has 0 bridgehead atoms. The highest BCUT2D eigenvalue weighted by molar-refractivity contribution is 6.07. The van der Waals surface area contributed by atoms with Crippen molar-refractivity contribution in [1.82, 2.24) is 15.1 Å². The smallest absolute Gasteiger partial charge is 0.272 e. The lowest BCUT2D eigenvalue weighted by molar-refractivity contribution is -0.128. The second kappa shape index (κ2) is 6.60. The number of aromatic nitrogens is 2. The maximum atomic E-state index is 12.0. The molecule has 2 aromatic rings. The first kappa shape index (κ1) is 16.0. The molecule has 0 radical (unpaired) electrons. The normalized spacial score (nSPS) is 10.3. The Hall–Kier alpha value is -3.36. The quantitative estimate of drug-likeness (QED) is 0.583. The maximum Gasteiger partial charge on any atom is 0.272 e. The van der Waals surface area contributed by atoms with E-state index >= 15 is 0 Å². The Morgan fingerprint density at radius 3 is 2.26 bits per heavy atom. The van der Waals surface area contributed by atoms with Crippen LogP contribution in [0.15, 0.2) is 36.5 Å². The van der Waals surface area contributed by atoms with E-state index in [-0.39, 0.29) is 5.69 Å². The molecule has 0 saturated carbocycles. The summed E-state index contributed by atoms with van der Waals surface area (Å²) in [6, 6.07) is 6.83. The Morgan fingerprint density at radius 2 is 1.74 bits per heavy atom. The third-order valence-corrected chi connectivity index (χ3v) is 3.00. The molecule has 0 aliphatic rings. The lowest BCUT2D eigenvalue weighted by atomic mass is 10.2. The molecule has 2 rings (SSSR count). The Labute approximate surface area is 131 Å². The monoisotopic (exact) mass is 317 g/mol. The molecule has 1 aromatic heterocycles. The van der Waals surface area contributed by atoms with Gasteiger partial charge in [0.25, 0.3) is 5.91 Å². The van der Waals surface area contributed by atoms with Gasteiger partial charge in [-0.2, -0.15) is 5.10 Å². The molecule has 9 nitrogen and oxygen atoms in total. The number of hydrogen-bond acceptors (Lipinski definition) is 5. The van der Waals surface area contributed by atoms with Gasteiger partial charge < -0.3 is 21.5 Å². The zero-order valence-electron chi connectivity index (χ0n) is 12.2. The van der Waals surface area contributed by atoms with E-state index in [0.29, 0.717) is 11.4 Å². The van der Waals surface area contributed by atoms with E-state index in [2.05, 4.69) is 10.4 Å². The second-order valence-electron chi connectivity index (χ2n) is 4.55. The standard InChI is InChI=1S/C14H15N5O4/c1-23-9-4-2-8(3-5-9)19-7-6-10(18-19)14(22)17-11(12(15)20)13(16)21/h2-7,11H,1H3,(H2,15,20)(H2,16,21)(H,17,22). The number of rotatable bonds is 6. The topological polar surface area (TPSA) is 142 Å². The van der Waals surface area contributed by atoms with Crippen molar-refractivity contribution in [3.8, 4) is 11.4 Å². The van der Waals surface area contributed by atoms with Gasteiger partial charge in [0.1, 0.15) is 5.75 Å². The van der Waals surface area contributed by atoms with Crippen LogP contribution in [0.3, 0.4) is 0 Å². The van der Waals surface area contributed by atoms with Crippen LogP contribution in [0.4, 0.5) is 0 Å². The van der Waals surface area contributed by atoms with Crippen molar-refractivity contribution in [1.29, 1.82) is 0 Å². The first-order valence-corrected chi connectivity index (χ1v) is 6.52. The Morgan fingerprint density at radius 1 is 1.13 bits per heavy atom. The lowest BCUT2D eigenvalue weighted by Gasteiger charge is -2.10. The van der Waals surface area contributed by atoms with Gasteiger partial charge >= 0.3 is 0 Å². The Kier molecular flexibility index (Phi) is 4.60. The summed E-state index contributed by atoms with van der Waals surface area (Å²) in [6.45, 7) is 0. The summed E-state index contributed by atoms with van der Waals surface area (Å²) in [5.41, 5.74) is 10.7. The number of nitrogens with two attached hydrogens (primary N) is 2. The molecule has 120 valence electrons. The number of carbonyl (C=O) groups excluding carboxylic acids is 3. The molecule has 0 aliphatic carbocycles. The van der Waals surface area contributed by atoms with Crippen LogP contribution >= 0.6 is 0 Å². The summed E-state index contributed by atoms with van der Waals surface area (Å²) < 4.78 is 6.51. The summed E-state index contributed by atoms with van der Waals surface area (Å²) in [7, 11) is 1.55. The van der Waals surface area contributed by atoms with E-state index < -0.39 is 23.8 Å². The highest BCUT2D eigenvalue weighted by Gasteiger charge is 2.25. The molecule has 0 fully saturated rings. The van der Waals surface area contributed by atoms with E-state index in [9.17, 15) is 14.4 Å². The fourth-order valence-corrected chi connectivity index (χ4v) is 1.81. The van der Waals surface area contributed by atoms with Crippen molar-refractivity contribution in [2.24, 2.45) is 11.5 Å². The first-order chi connectivity index (χ1) is 10.9. The van der Waals surface area contributed by atoms with Gasteiger partial charge in [-0.15, -0.1) is 0 Å². The van der Waals surface area contributed by atoms with Gasteiger partial charge in [0.05, 0.1) is 12.8 Å². The van der Waals surface area contributed by atoms with Crippen LogP contribution in [0.2, 0.25) is 0 Å². The highest BCUT2D eigenvalue weighted by Crippen LogP contribution is 2.14. The molecular weight excluding hydrogens is 302 g/mol. The number of carbonyl (C=O) groups is 3. The van der Waals surface area contributed by atoms with Gasteiger partial charge in [0.2, 0.25) is 11.8 Å². The van der Waals surface area contributed by atoms with Gasteiger partial charge in [-0.05, 0) is 30.3 Å². The predicted octanol–water partition coefficient (Wildman–Crippen LogP) is -1.05. The van der Waals surface area contributed by atoms with Crippen molar-refractivity contribution in [2.75, 3.05) is 7.11 Å². The minimum absolute atomic E-state index is 0.00770. The number of amides is 3. The molecule has 23 heavy (non-hydrogen) atoms. The summed E-state index contributed by atoms with van der Waals surface area (Å²) in [5.74, 6) is -2.13. The second-order valence-corrected chi connectivity index (χ2v) is 4.55. The first-order valence-electron chi connectivity index (χ1n) is 6.52. The van der Waals surface area contributed by atoms with Gasteiger partial charge in [-0.25, -0.2) is 4.68 Å². The average Bonchev–Trinajstić information content (AvgIpc) is 3.01. The largest absolute Gasteiger partial charge is 0.497 e. The van der Waals surface area contributed by atoms with E-state index in [0.717, 1.165) is 0 Å². The number of nitrogens with one attached hydrogen (secondary N) is 1. The zero-order chi connectivity index (χ0) is 17.0. The minimum atomic E-state index is -1.59. The summed E-state index contributed by atoms with van der Waals surface area (Å²) in [4.78, 5) is 34.1. The van der Waals surface area contributed by atoms with Crippen molar-refractivity contribution < 1.29 is 19.1 Å². The molecule has 1 heterocycles. The van der Waals surface area contributed by atoms with E-state index in [1.54, 1.807) is 37.6 Å². The fraction of sp³-hybridized carbons (Fsp3) is 0.143. The van der Waals surface area contributed by atoms with Crippen LogP contribution < -0.4 is 21.5 Å². The third-order valence-electron chi connectivity index (χ3n) is 3.00. The summed E-state index contributed by atoms with van der Waals surface area (Å²) in [6.07, 6.45) is 1.56. The molecule has 3 amide bonds. The molecule has 1 aromatic carbocycles. The number of nitrogens with zero attached hydrogens (tertiary/aromatic N) is 2. The number of benzene rings is 1. The van der Waals surface area contributed by atoms with Crippen LogP contribution in [0, 0.1) is 0 Å². The summed E-state index contributed by atoms with van der Waals surface area (Å²) >= 11 is 0. The van der Waals surface area contributed by atoms with E-state index in [1.807, 2.05) is 0 Å². The molecule has 9 heteroatoms. The molecular formula is C14H15N5O4. The van der Waals surface area contributed by atoms with Crippen LogP contribution in [0.1, 0.15) is 10.5 Å². The number of ether oxygens (including phenoxy) is 1. The molecule has 0 atom stereocenters. The van der Waals surface area contributed by atoms with Crippen LogP contribution in [-0.4, -0.2) is 40.7 Å². The van der Waals surface area contributed by atoms with E-state index in [1.165, 1.54) is 10.7 Å². The summed E-state index contributed by atoms with van der Waals surface area (Å²) in [5, 5.41) is 6.20. The van der Waals surface area contributed by atoms with Crippen molar-refractivity contribution in [3.05, 3.63) is 42.2 Å². The van der Waals surface area contributed by atoms with Crippen molar-refractivity contribution in [3.63, 3.8) is 0 Å². The zero-order valence-corrected chi connectivity index (χ0v) is 12.2. The minimum Gasteiger partial charge on any atom is -0.497 e. The van der Waals surface area contributed by atoms with Crippen LogP contribution in [0.5, 0.6) is 5.75 Å². The van der Waals surface area contributed by atoms with Crippen molar-refractivity contribution >= 4 is 17.7 Å². The maximum absolute atomic E-state index is 12.0. The van der Waals surface area contributed by atoms with Gasteiger partial charge in [0, 0.05) is 6.20 Å². The van der Waals surface area contributed by atoms with Gasteiger partial charge in [-0.1, -0.05) is 0 Å². The van der Waals surface area contributed by atoms with Gasteiger partial charge in [-0.3, -0.25) is 14.4 Å².